The highest BCUT2D eigenvalue weighted by atomic mass is 16.7. The first kappa shape index (κ1) is 15.0. The Hall–Kier alpha value is -0.900. The van der Waals surface area contributed by atoms with Gasteiger partial charge in [-0.3, -0.25) is 4.90 Å². The quantitative estimate of drug-likeness (QED) is 0.796. The summed E-state index contributed by atoms with van der Waals surface area (Å²) in [5.41, 5.74) is 3.41. The zero-order valence-corrected chi connectivity index (χ0v) is 13.6. The molecule has 1 aliphatic heterocycles. The summed E-state index contributed by atoms with van der Waals surface area (Å²) in [5.74, 6) is 0.663. The second kappa shape index (κ2) is 5.71. The van der Waals surface area contributed by atoms with E-state index in [1.54, 1.807) is 19.8 Å². The van der Waals surface area contributed by atoms with Crippen LogP contribution in [-0.4, -0.2) is 44.5 Å². The first-order chi connectivity index (χ1) is 10.1. The van der Waals surface area contributed by atoms with E-state index >= 15 is 0 Å². The largest absolute Gasteiger partial charge is 0.355 e. The normalized spacial score (nSPS) is 32.2. The van der Waals surface area contributed by atoms with Crippen LogP contribution in [-0.2, 0) is 21.3 Å². The molecule has 0 spiro atoms. The summed E-state index contributed by atoms with van der Waals surface area (Å²) >= 11 is 0. The van der Waals surface area contributed by atoms with Crippen LogP contribution in [0.15, 0.2) is 24.3 Å². The number of likely N-dealkylation sites (tertiary alicyclic amines) is 1. The van der Waals surface area contributed by atoms with E-state index in [1.165, 1.54) is 12.0 Å². The van der Waals surface area contributed by atoms with Gasteiger partial charge in [-0.05, 0) is 41.8 Å². The van der Waals surface area contributed by atoms with Crippen LogP contribution in [0.3, 0.4) is 0 Å². The lowest BCUT2D eigenvalue weighted by molar-refractivity contribution is -0.130. The van der Waals surface area contributed by atoms with Gasteiger partial charge in [-0.15, -0.1) is 0 Å². The van der Waals surface area contributed by atoms with Gasteiger partial charge in [0.25, 0.3) is 0 Å². The minimum atomic E-state index is -0.126. The van der Waals surface area contributed by atoms with E-state index in [2.05, 4.69) is 43.0 Å². The molecule has 2 aliphatic rings. The van der Waals surface area contributed by atoms with Gasteiger partial charge in [0.05, 0.1) is 0 Å². The number of nitrogens with zero attached hydrogens (tertiary/aromatic N) is 1. The Kier molecular flexibility index (Phi) is 4.08. The molecule has 0 aromatic heterocycles. The molecular formula is C18H27NO2. The monoisotopic (exact) mass is 289 g/mol. The van der Waals surface area contributed by atoms with Crippen LogP contribution < -0.4 is 0 Å². The van der Waals surface area contributed by atoms with Crippen LogP contribution in [0, 0.1) is 5.92 Å². The number of hydrogen-bond donors (Lipinski definition) is 0. The van der Waals surface area contributed by atoms with E-state index in [4.69, 9.17) is 9.47 Å². The fraction of sp³-hybridized carbons (Fsp3) is 0.667. The van der Waals surface area contributed by atoms with E-state index < -0.39 is 0 Å². The second-order valence-corrected chi connectivity index (χ2v) is 6.78. The number of fused-ring (bicyclic) bond motifs is 4. The predicted octanol–water partition coefficient (Wildman–Crippen LogP) is 2.83. The van der Waals surface area contributed by atoms with Gasteiger partial charge in [-0.2, -0.15) is 0 Å². The Labute approximate surface area is 128 Å². The molecular weight excluding hydrogens is 262 g/mol. The Morgan fingerprint density at radius 3 is 2.71 bits per heavy atom. The number of benzene rings is 1. The summed E-state index contributed by atoms with van der Waals surface area (Å²) in [7, 11) is 3.45. The van der Waals surface area contributed by atoms with Gasteiger partial charge >= 0.3 is 0 Å². The van der Waals surface area contributed by atoms with Crippen molar-refractivity contribution in [3.63, 3.8) is 0 Å². The maximum Gasteiger partial charge on any atom is 0.169 e. The van der Waals surface area contributed by atoms with Gasteiger partial charge in [0.1, 0.15) is 0 Å². The average molecular weight is 289 g/mol. The van der Waals surface area contributed by atoms with Gasteiger partial charge in [0, 0.05) is 26.8 Å². The van der Waals surface area contributed by atoms with Gasteiger partial charge in [0.15, 0.2) is 6.29 Å². The molecule has 3 nitrogen and oxygen atoms in total. The zero-order chi connectivity index (χ0) is 15.0. The van der Waals surface area contributed by atoms with Crippen molar-refractivity contribution >= 4 is 0 Å². The molecule has 1 aliphatic carbocycles. The molecule has 0 radical (unpaired) electrons. The van der Waals surface area contributed by atoms with E-state index in [9.17, 15) is 0 Å². The standard InChI is InChI=1S/C18H27NO2/c1-13-16-11-14-7-5-6-8-15(14)18(13,2)9-10-19(16)12-17(20-3)21-4/h5-8,13,16-17H,9-12H2,1-4H3. The Morgan fingerprint density at radius 2 is 2.00 bits per heavy atom. The molecule has 21 heavy (non-hydrogen) atoms. The van der Waals surface area contributed by atoms with Gasteiger partial charge in [0.2, 0.25) is 0 Å². The molecule has 2 bridgehead atoms. The van der Waals surface area contributed by atoms with Gasteiger partial charge in [-0.25, -0.2) is 0 Å². The molecule has 1 aromatic carbocycles. The lowest BCUT2D eigenvalue weighted by atomic mass is 9.59. The maximum absolute atomic E-state index is 5.41. The molecule has 3 atom stereocenters. The molecule has 0 amide bonds. The van der Waals surface area contributed by atoms with Crippen molar-refractivity contribution in [2.45, 2.75) is 44.4 Å². The Balaban J connectivity index is 1.88. The molecule has 1 heterocycles. The van der Waals surface area contributed by atoms with Crippen LogP contribution >= 0.6 is 0 Å². The highest BCUT2D eigenvalue weighted by Crippen LogP contribution is 2.48. The van der Waals surface area contributed by atoms with E-state index in [1.807, 2.05) is 0 Å². The van der Waals surface area contributed by atoms with Crippen molar-refractivity contribution in [2.75, 3.05) is 27.3 Å². The molecule has 3 heteroatoms. The summed E-state index contributed by atoms with van der Waals surface area (Å²) in [5, 5.41) is 0. The van der Waals surface area contributed by atoms with Crippen LogP contribution in [0.5, 0.6) is 0 Å². The minimum Gasteiger partial charge on any atom is -0.355 e. The van der Waals surface area contributed by atoms with Crippen molar-refractivity contribution in [1.29, 1.82) is 0 Å². The van der Waals surface area contributed by atoms with E-state index in [0.29, 0.717) is 17.4 Å². The summed E-state index contributed by atoms with van der Waals surface area (Å²) in [6.45, 7) is 6.86. The first-order valence-corrected chi connectivity index (χ1v) is 7.98. The van der Waals surface area contributed by atoms with Crippen molar-refractivity contribution in [3.05, 3.63) is 35.4 Å². The summed E-state index contributed by atoms with van der Waals surface area (Å²) < 4.78 is 10.8. The number of piperidine rings is 1. The van der Waals surface area contributed by atoms with Crippen LogP contribution in [0.25, 0.3) is 0 Å². The fourth-order valence-corrected chi connectivity index (χ4v) is 4.34. The smallest absolute Gasteiger partial charge is 0.169 e. The fourth-order valence-electron chi connectivity index (χ4n) is 4.34. The van der Waals surface area contributed by atoms with Crippen LogP contribution in [0.1, 0.15) is 31.4 Å². The average Bonchev–Trinajstić information content (AvgIpc) is 2.50. The topological polar surface area (TPSA) is 21.7 Å². The first-order valence-electron chi connectivity index (χ1n) is 7.98. The summed E-state index contributed by atoms with van der Waals surface area (Å²) in [4.78, 5) is 2.57. The highest BCUT2D eigenvalue weighted by molar-refractivity contribution is 5.39. The maximum atomic E-state index is 5.41. The predicted molar refractivity (Wildman–Crippen MR) is 84.4 cm³/mol. The molecule has 3 unspecified atom stereocenters. The van der Waals surface area contributed by atoms with E-state index in [0.717, 1.165) is 19.5 Å². The molecule has 1 aromatic rings. The Bertz CT molecular complexity index is 500. The van der Waals surface area contributed by atoms with Crippen molar-refractivity contribution < 1.29 is 9.47 Å². The Morgan fingerprint density at radius 1 is 1.29 bits per heavy atom. The van der Waals surface area contributed by atoms with Gasteiger partial charge < -0.3 is 9.47 Å². The lowest BCUT2D eigenvalue weighted by Gasteiger charge is -2.55. The third kappa shape index (κ3) is 2.41. The highest BCUT2D eigenvalue weighted by Gasteiger charge is 2.48. The number of rotatable bonds is 4. The van der Waals surface area contributed by atoms with Crippen LogP contribution in [0.2, 0.25) is 0 Å². The van der Waals surface area contributed by atoms with E-state index in [-0.39, 0.29) is 6.29 Å². The van der Waals surface area contributed by atoms with Gasteiger partial charge in [-0.1, -0.05) is 38.1 Å². The molecule has 1 saturated heterocycles. The van der Waals surface area contributed by atoms with Crippen molar-refractivity contribution in [2.24, 2.45) is 5.92 Å². The SMILES string of the molecule is COC(CN1CCC2(C)c3ccccc3CC1C2C)OC. The minimum absolute atomic E-state index is 0.126. The number of ether oxygens (including phenoxy) is 2. The van der Waals surface area contributed by atoms with Crippen molar-refractivity contribution in [3.8, 4) is 0 Å². The molecule has 3 rings (SSSR count). The molecule has 116 valence electrons. The number of methoxy groups -OCH3 is 2. The molecule has 1 fully saturated rings. The lowest BCUT2D eigenvalue weighted by Crippen LogP contribution is -2.59. The van der Waals surface area contributed by atoms with Crippen LogP contribution in [0.4, 0.5) is 0 Å². The summed E-state index contributed by atoms with van der Waals surface area (Å²) in [6, 6.07) is 9.59. The molecule has 0 saturated carbocycles. The third-order valence-electron chi connectivity index (χ3n) is 5.94. The summed E-state index contributed by atoms with van der Waals surface area (Å²) in [6.07, 6.45) is 2.23. The molecule has 0 N–H and O–H groups in total. The zero-order valence-electron chi connectivity index (χ0n) is 13.6. The third-order valence-corrected chi connectivity index (χ3v) is 5.94. The second-order valence-electron chi connectivity index (χ2n) is 6.78. The number of hydrogen-bond acceptors (Lipinski definition) is 3. The van der Waals surface area contributed by atoms with Crippen molar-refractivity contribution in [1.82, 2.24) is 4.90 Å².